The predicted octanol–water partition coefficient (Wildman–Crippen LogP) is 2.89. The first-order valence-corrected chi connectivity index (χ1v) is 6.22. The number of rotatable bonds is 4. The highest BCUT2D eigenvalue weighted by molar-refractivity contribution is 6.01. The quantitative estimate of drug-likeness (QED) is 0.917. The van der Waals surface area contributed by atoms with Gasteiger partial charge >= 0.3 is 6.09 Å². The predicted molar refractivity (Wildman–Crippen MR) is 77.9 cm³/mol. The van der Waals surface area contributed by atoms with E-state index in [-0.39, 0.29) is 0 Å². The molecule has 19 heavy (non-hydrogen) atoms. The standard InChI is InChI=1S/C15H18N2O2/c1-16(2)10-11-17(15(18)19)14-9-5-7-12-6-3-4-8-13(12)14/h3-9H,10-11H2,1-2H3,(H,18,19). The van der Waals surface area contributed by atoms with Gasteiger partial charge in [-0.2, -0.15) is 0 Å². The third-order valence-electron chi connectivity index (χ3n) is 3.06. The topological polar surface area (TPSA) is 43.8 Å². The van der Waals surface area contributed by atoms with Crippen molar-refractivity contribution in [2.75, 3.05) is 32.1 Å². The molecule has 0 saturated heterocycles. The zero-order chi connectivity index (χ0) is 13.8. The SMILES string of the molecule is CN(C)CCN(C(=O)O)c1cccc2ccccc12. The van der Waals surface area contributed by atoms with Crippen LogP contribution in [0.4, 0.5) is 10.5 Å². The fourth-order valence-electron chi connectivity index (χ4n) is 2.06. The summed E-state index contributed by atoms with van der Waals surface area (Å²) < 4.78 is 0. The summed E-state index contributed by atoms with van der Waals surface area (Å²) in [5, 5.41) is 11.4. The smallest absolute Gasteiger partial charge is 0.411 e. The van der Waals surface area contributed by atoms with Gasteiger partial charge in [-0.3, -0.25) is 4.90 Å². The zero-order valence-corrected chi connectivity index (χ0v) is 11.2. The number of likely N-dealkylation sites (N-methyl/N-ethyl adjacent to an activating group) is 1. The van der Waals surface area contributed by atoms with Crippen molar-refractivity contribution in [2.24, 2.45) is 0 Å². The molecule has 0 aromatic heterocycles. The summed E-state index contributed by atoms with van der Waals surface area (Å²) in [4.78, 5) is 14.8. The summed E-state index contributed by atoms with van der Waals surface area (Å²) in [6.45, 7) is 1.14. The summed E-state index contributed by atoms with van der Waals surface area (Å²) in [6.07, 6.45) is -0.918. The average Bonchev–Trinajstić information content (AvgIpc) is 2.38. The van der Waals surface area contributed by atoms with E-state index < -0.39 is 6.09 Å². The Bertz CT molecular complexity index is 576. The highest BCUT2D eigenvalue weighted by atomic mass is 16.4. The van der Waals surface area contributed by atoms with E-state index in [0.717, 1.165) is 16.5 Å². The first-order valence-electron chi connectivity index (χ1n) is 6.22. The number of carboxylic acid groups (broad SMARTS) is 1. The Morgan fingerprint density at radius 3 is 2.42 bits per heavy atom. The van der Waals surface area contributed by atoms with E-state index in [1.165, 1.54) is 4.90 Å². The van der Waals surface area contributed by atoms with Crippen molar-refractivity contribution in [3.63, 3.8) is 0 Å². The third-order valence-corrected chi connectivity index (χ3v) is 3.06. The maximum Gasteiger partial charge on any atom is 0.411 e. The third kappa shape index (κ3) is 3.03. The first-order chi connectivity index (χ1) is 9.09. The van der Waals surface area contributed by atoms with Gasteiger partial charge in [0.2, 0.25) is 0 Å². The van der Waals surface area contributed by atoms with Gasteiger partial charge in [-0.1, -0.05) is 36.4 Å². The number of fused-ring (bicyclic) bond motifs is 1. The molecule has 0 bridgehead atoms. The minimum absolute atomic E-state index is 0.455. The van der Waals surface area contributed by atoms with Gasteiger partial charge < -0.3 is 10.0 Å². The van der Waals surface area contributed by atoms with E-state index in [1.807, 2.05) is 61.5 Å². The number of nitrogens with zero attached hydrogens (tertiary/aromatic N) is 2. The van der Waals surface area contributed by atoms with Gasteiger partial charge in [0.25, 0.3) is 0 Å². The lowest BCUT2D eigenvalue weighted by atomic mass is 10.1. The lowest BCUT2D eigenvalue weighted by Crippen LogP contribution is -2.35. The Morgan fingerprint density at radius 2 is 1.74 bits per heavy atom. The van der Waals surface area contributed by atoms with Gasteiger partial charge in [0.05, 0.1) is 5.69 Å². The van der Waals surface area contributed by atoms with Crippen molar-refractivity contribution < 1.29 is 9.90 Å². The van der Waals surface area contributed by atoms with Crippen LogP contribution in [0, 0.1) is 0 Å². The molecule has 0 spiro atoms. The van der Waals surface area contributed by atoms with E-state index in [4.69, 9.17) is 0 Å². The van der Waals surface area contributed by atoms with Crippen LogP contribution in [-0.2, 0) is 0 Å². The van der Waals surface area contributed by atoms with E-state index >= 15 is 0 Å². The van der Waals surface area contributed by atoms with Gasteiger partial charge in [0.1, 0.15) is 0 Å². The molecule has 2 aromatic rings. The van der Waals surface area contributed by atoms with Gasteiger partial charge in [0, 0.05) is 18.5 Å². The molecule has 0 saturated carbocycles. The van der Waals surface area contributed by atoms with Crippen LogP contribution in [0.5, 0.6) is 0 Å². The second kappa shape index (κ2) is 5.71. The highest BCUT2D eigenvalue weighted by Crippen LogP contribution is 2.26. The zero-order valence-electron chi connectivity index (χ0n) is 11.2. The molecule has 0 unspecified atom stereocenters. The number of benzene rings is 2. The average molecular weight is 258 g/mol. The van der Waals surface area contributed by atoms with Crippen LogP contribution in [0.3, 0.4) is 0 Å². The van der Waals surface area contributed by atoms with E-state index in [9.17, 15) is 9.90 Å². The number of carbonyl (C=O) groups is 1. The molecular weight excluding hydrogens is 240 g/mol. The Balaban J connectivity index is 2.41. The summed E-state index contributed by atoms with van der Waals surface area (Å²) in [7, 11) is 3.87. The molecule has 0 aliphatic carbocycles. The van der Waals surface area contributed by atoms with E-state index in [1.54, 1.807) is 0 Å². The summed E-state index contributed by atoms with van der Waals surface area (Å²) in [6, 6.07) is 13.6. The Kier molecular flexibility index (Phi) is 4.02. The van der Waals surface area contributed by atoms with Gasteiger partial charge in [-0.15, -0.1) is 0 Å². The summed E-state index contributed by atoms with van der Waals surface area (Å²) in [5.41, 5.74) is 0.743. The number of anilines is 1. The van der Waals surface area contributed by atoms with Gasteiger partial charge in [-0.05, 0) is 25.5 Å². The Labute approximate surface area is 112 Å². The number of hydrogen-bond donors (Lipinski definition) is 1. The molecule has 0 atom stereocenters. The molecule has 4 nitrogen and oxygen atoms in total. The molecule has 2 rings (SSSR count). The fourth-order valence-corrected chi connectivity index (χ4v) is 2.06. The van der Waals surface area contributed by atoms with E-state index in [0.29, 0.717) is 13.1 Å². The van der Waals surface area contributed by atoms with Crippen LogP contribution in [-0.4, -0.2) is 43.3 Å². The Morgan fingerprint density at radius 1 is 1.05 bits per heavy atom. The highest BCUT2D eigenvalue weighted by Gasteiger charge is 2.16. The van der Waals surface area contributed by atoms with Crippen LogP contribution >= 0.6 is 0 Å². The lowest BCUT2D eigenvalue weighted by molar-refractivity contribution is 0.201. The van der Waals surface area contributed by atoms with Crippen LogP contribution in [0.1, 0.15) is 0 Å². The van der Waals surface area contributed by atoms with Crippen molar-refractivity contribution in [1.82, 2.24) is 4.90 Å². The van der Waals surface area contributed by atoms with E-state index in [2.05, 4.69) is 0 Å². The largest absolute Gasteiger partial charge is 0.465 e. The number of amides is 1. The monoisotopic (exact) mass is 258 g/mol. The molecule has 1 N–H and O–H groups in total. The first kappa shape index (κ1) is 13.4. The summed E-state index contributed by atoms with van der Waals surface area (Å²) in [5.74, 6) is 0. The Hall–Kier alpha value is -2.07. The molecular formula is C15H18N2O2. The molecule has 0 fully saturated rings. The van der Waals surface area contributed by atoms with Crippen molar-refractivity contribution in [1.29, 1.82) is 0 Å². The van der Waals surface area contributed by atoms with Crippen LogP contribution in [0.2, 0.25) is 0 Å². The van der Waals surface area contributed by atoms with Gasteiger partial charge in [-0.25, -0.2) is 4.79 Å². The maximum atomic E-state index is 11.5. The molecule has 0 radical (unpaired) electrons. The van der Waals surface area contributed by atoms with Crippen molar-refractivity contribution >= 4 is 22.6 Å². The minimum Gasteiger partial charge on any atom is -0.465 e. The van der Waals surface area contributed by atoms with Crippen molar-refractivity contribution in [3.05, 3.63) is 42.5 Å². The molecule has 1 amide bonds. The van der Waals surface area contributed by atoms with Crippen molar-refractivity contribution in [3.8, 4) is 0 Å². The maximum absolute atomic E-state index is 11.5. The summed E-state index contributed by atoms with van der Waals surface area (Å²) >= 11 is 0. The van der Waals surface area contributed by atoms with Gasteiger partial charge in [0.15, 0.2) is 0 Å². The van der Waals surface area contributed by atoms with Crippen LogP contribution < -0.4 is 4.90 Å². The van der Waals surface area contributed by atoms with Crippen LogP contribution in [0.15, 0.2) is 42.5 Å². The van der Waals surface area contributed by atoms with Crippen molar-refractivity contribution in [2.45, 2.75) is 0 Å². The molecule has 0 aliphatic heterocycles. The molecule has 0 heterocycles. The second-order valence-electron chi connectivity index (χ2n) is 4.74. The molecule has 4 heteroatoms. The number of hydrogen-bond acceptors (Lipinski definition) is 2. The molecule has 2 aromatic carbocycles. The fraction of sp³-hybridized carbons (Fsp3) is 0.267. The lowest BCUT2D eigenvalue weighted by Gasteiger charge is -2.22. The minimum atomic E-state index is -0.918. The second-order valence-corrected chi connectivity index (χ2v) is 4.74. The molecule has 0 aliphatic rings. The molecule has 100 valence electrons. The normalized spacial score (nSPS) is 10.9. The van der Waals surface area contributed by atoms with Crippen LogP contribution in [0.25, 0.3) is 10.8 Å².